The summed E-state index contributed by atoms with van der Waals surface area (Å²) in [5.41, 5.74) is 9.94. The molecule has 27 heavy (non-hydrogen) atoms. The van der Waals surface area contributed by atoms with Crippen LogP contribution in [0.4, 0.5) is 0 Å². The zero-order valence-electron chi connectivity index (χ0n) is 15.0. The van der Waals surface area contributed by atoms with Crippen LogP contribution in [0.25, 0.3) is 10.4 Å². The number of halogens is 1. The lowest BCUT2D eigenvalue weighted by molar-refractivity contribution is 0.100. The molecule has 0 unspecified atom stereocenters. The number of ether oxygens (including phenoxy) is 1. The summed E-state index contributed by atoms with van der Waals surface area (Å²) in [5.74, 6) is 0.373. The molecule has 0 aliphatic carbocycles. The van der Waals surface area contributed by atoms with Gasteiger partial charge in [-0.05, 0) is 41.8 Å². The van der Waals surface area contributed by atoms with Gasteiger partial charge in [0.1, 0.15) is 0 Å². The van der Waals surface area contributed by atoms with E-state index in [1.807, 2.05) is 47.9 Å². The largest absolute Gasteiger partial charge is 0.424 e. The number of ketones is 1. The molecule has 0 aliphatic rings. The first-order chi connectivity index (χ1) is 13.1. The lowest BCUT2D eigenvalue weighted by Crippen LogP contribution is -2.15. The third kappa shape index (κ3) is 3.68. The van der Waals surface area contributed by atoms with Gasteiger partial charge in [-0.25, -0.2) is 6.57 Å². The predicted molar refractivity (Wildman–Crippen MR) is 107 cm³/mol. The van der Waals surface area contributed by atoms with E-state index < -0.39 is 0 Å². The summed E-state index contributed by atoms with van der Waals surface area (Å²) >= 11 is 6.14. The highest BCUT2D eigenvalue weighted by Crippen LogP contribution is 2.33. The average molecular weight is 382 g/mol. The molecule has 0 spiro atoms. The van der Waals surface area contributed by atoms with Crippen molar-refractivity contribution in [1.29, 1.82) is 0 Å². The standard InChI is InChI=1S/C21H20ClN3O2/c1-3-16-17(11-14-6-4-7-15(22)10-14)25-9-5-8-19(27-13-24-2)21(25)20(16)18(26)12-23/h4-10H,3,11-13,23H2,1H3. The van der Waals surface area contributed by atoms with E-state index in [1.165, 1.54) is 0 Å². The van der Waals surface area contributed by atoms with Crippen molar-refractivity contribution in [2.24, 2.45) is 5.73 Å². The van der Waals surface area contributed by atoms with Crippen LogP contribution in [0.5, 0.6) is 5.75 Å². The molecule has 138 valence electrons. The number of nitrogens with zero attached hydrogens (tertiary/aromatic N) is 2. The van der Waals surface area contributed by atoms with E-state index in [-0.39, 0.29) is 19.1 Å². The van der Waals surface area contributed by atoms with Crippen LogP contribution in [0.3, 0.4) is 0 Å². The SMILES string of the molecule is [C-]#[N+]COc1cccn2c(Cc3cccc(Cl)c3)c(CC)c(C(=O)CN)c12. The van der Waals surface area contributed by atoms with Crippen LogP contribution in [0, 0.1) is 6.57 Å². The highest BCUT2D eigenvalue weighted by molar-refractivity contribution is 6.30. The van der Waals surface area contributed by atoms with Crippen LogP contribution in [0.1, 0.15) is 34.1 Å². The molecule has 3 aromatic rings. The summed E-state index contributed by atoms with van der Waals surface area (Å²) < 4.78 is 7.57. The molecule has 0 fully saturated rings. The van der Waals surface area contributed by atoms with Crippen molar-refractivity contribution >= 4 is 22.9 Å². The number of benzene rings is 1. The number of carbonyl (C=O) groups excluding carboxylic acids is 1. The quantitative estimate of drug-likeness (QED) is 0.494. The maximum atomic E-state index is 12.7. The Morgan fingerprint density at radius 2 is 2.15 bits per heavy atom. The predicted octanol–water partition coefficient (Wildman–Crippen LogP) is 4.14. The Balaban J connectivity index is 2.26. The molecule has 2 heterocycles. The van der Waals surface area contributed by atoms with Crippen LogP contribution < -0.4 is 10.5 Å². The summed E-state index contributed by atoms with van der Waals surface area (Å²) in [5, 5.41) is 0.672. The smallest absolute Gasteiger partial charge is 0.357 e. The molecule has 0 saturated carbocycles. The van der Waals surface area contributed by atoms with E-state index in [1.54, 1.807) is 6.07 Å². The molecule has 0 bridgehead atoms. The van der Waals surface area contributed by atoms with Gasteiger partial charge in [-0.1, -0.05) is 30.7 Å². The molecule has 5 nitrogen and oxygen atoms in total. The minimum absolute atomic E-state index is 0.0829. The van der Waals surface area contributed by atoms with Gasteiger partial charge < -0.3 is 14.9 Å². The van der Waals surface area contributed by atoms with Gasteiger partial charge in [0, 0.05) is 23.3 Å². The number of Topliss-reactive ketones (excluding diaryl/α,β-unsaturated/α-hetero) is 1. The van der Waals surface area contributed by atoms with Crippen LogP contribution in [-0.2, 0) is 12.8 Å². The topological polar surface area (TPSA) is 61.1 Å². The van der Waals surface area contributed by atoms with E-state index >= 15 is 0 Å². The first kappa shape index (κ1) is 19.0. The molecule has 0 radical (unpaired) electrons. The summed E-state index contributed by atoms with van der Waals surface area (Å²) in [4.78, 5) is 15.9. The maximum absolute atomic E-state index is 12.7. The normalized spacial score (nSPS) is 10.7. The Kier molecular flexibility index (Phi) is 5.80. The molecule has 0 atom stereocenters. The lowest BCUT2D eigenvalue weighted by atomic mass is 9.99. The van der Waals surface area contributed by atoms with Gasteiger partial charge in [0.15, 0.2) is 11.5 Å². The lowest BCUT2D eigenvalue weighted by Gasteiger charge is -2.08. The number of hydrogen-bond donors (Lipinski definition) is 1. The van der Waals surface area contributed by atoms with Gasteiger partial charge >= 0.3 is 6.73 Å². The van der Waals surface area contributed by atoms with E-state index in [9.17, 15) is 4.79 Å². The van der Waals surface area contributed by atoms with Gasteiger partial charge in [-0.15, -0.1) is 0 Å². The highest BCUT2D eigenvalue weighted by Gasteiger charge is 2.24. The van der Waals surface area contributed by atoms with Crippen LogP contribution in [-0.4, -0.2) is 23.5 Å². The Labute approximate surface area is 163 Å². The molecule has 6 heteroatoms. The maximum Gasteiger partial charge on any atom is 0.357 e. The van der Waals surface area contributed by atoms with Gasteiger partial charge in [0.05, 0.1) is 17.6 Å². The number of nitrogens with two attached hydrogens (primary N) is 1. The van der Waals surface area contributed by atoms with Crippen molar-refractivity contribution in [3.05, 3.63) is 81.4 Å². The van der Waals surface area contributed by atoms with Crippen molar-refractivity contribution in [2.45, 2.75) is 19.8 Å². The first-order valence-corrected chi connectivity index (χ1v) is 9.07. The van der Waals surface area contributed by atoms with Crippen molar-refractivity contribution in [1.82, 2.24) is 4.40 Å². The summed E-state index contributed by atoms with van der Waals surface area (Å²) in [7, 11) is 0. The van der Waals surface area contributed by atoms with E-state index in [0.29, 0.717) is 34.7 Å². The third-order valence-corrected chi connectivity index (χ3v) is 4.73. The highest BCUT2D eigenvalue weighted by atomic mass is 35.5. The average Bonchev–Trinajstić information content (AvgIpc) is 2.99. The zero-order valence-corrected chi connectivity index (χ0v) is 15.8. The Morgan fingerprint density at radius 1 is 1.33 bits per heavy atom. The van der Waals surface area contributed by atoms with Crippen molar-refractivity contribution in [3.8, 4) is 5.75 Å². The molecule has 0 saturated heterocycles. The van der Waals surface area contributed by atoms with Crippen molar-refractivity contribution < 1.29 is 9.53 Å². The monoisotopic (exact) mass is 381 g/mol. The minimum atomic E-state index is -0.138. The molecule has 2 aromatic heterocycles. The summed E-state index contributed by atoms with van der Waals surface area (Å²) in [6.07, 6.45) is 3.21. The Hall–Kier alpha value is -2.81. The zero-order chi connectivity index (χ0) is 19.4. The summed E-state index contributed by atoms with van der Waals surface area (Å²) in [6.45, 7) is 8.81. The fraction of sp³-hybridized carbons (Fsp3) is 0.238. The van der Waals surface area contributed by atoms with Gasteiger partial charge in [0.2, 0.25) is 0 Å². The minimum Gasteiger partial charge on any atom is -0.424 e. The molecule has 0 aliphatic heterocycles. The molecule has 3 rings (SSSR count). The number of carbonyl (C=O) groups is 1. The van der Waals surface area contributed by atoms with Crippen LogP contribution in [0.15, 0.2) is 42.6 Å². The molecule has 1 aromatic carbocycles. The third-order valence-electron chi connectivity index (χ3n) is 4.50. The Morgan fingerprint density at radius 3 is 2.81 bits per heavy atom. The van der Waals surface area contributed by atoms with Crippen molar-refractivity contribution in [3.63, 3.8) is 0 Å². The summed E-state index contributed by atoms with van der Waals surface area (Å²) in [6, 6.07) is 11.3. The number of fused-ring (bicyclic) bond motifs is 1. The second-order valence-electron chi connectivity index (χ2n) is 6.11. The fourth-order valence-corrected chi connectivity index (χ4v) is 3.64. The molecule has 2 N–H and O–H groups in total. The van der Waals surface area contributed by atoms with Crippen LogP contribution in [0.2, 0.25) is 5.02 Å². The fourth-order valence-electron chi connectivity index (χ4n) is 3.42. The van der Waals surface area contributed by atoms with E-state index in [2.05, 4.69) is 4.85 Å². The molecular weight excluding hydrogens is 362 g/mol. The van der Waals surface area contributed by atoms with Gasteiger partial charge in [-0.2, -0.15) is 0 Å². The van der Waals surface area contributed by atoms with Gasteiger partial charge in [-0.3, -0.25) is 9.64 Å². The number of pyridine rings is 1. The second kappa shape index (κ2) is 8.26. The number of aromatic nitrogens is 1. The first-order valence-electron chi connectivity index (χ1n) is 8.69. The molecular formula is C21H20ClN3O2. The molecule has 0 amide bonds. The Bertz CT molecular complexity index is 1030. The van der Waals surface area contributed by atoms with Crippen LogP contribution >= 0.6 is 11.6 Å². The van der Waals surface area contributed by atoms with E-state index in [4.69, 9.17) is 28.6 Å². The van der Waals surface area contributed by atoms with E-state index in [0.717, 1.165) is 16.8 Å². The van der Waals surface area contributed by atoms with Crippen molar-refractivity contribution in [2.75, 3.05) is 13.3 Å². The number of hydrogen-bond acceptors (Lipinski definition) is 3. The number of rotatable bonds is 7. The van der Waals surface area contributed by atoms with Gasteiger partial charge in [0.25, 0.3) is 0 Å². The second-order valence-corrected chi connectivity index (χ2v) is 6.55.